The molecule has 0 radical (unpaired) electrons. The number of ketones is 1. The van der Waals surface area contributed by atoms with E-state index in [-0.39, 0.29) is 6.42 Å². The number of aliphatic carboxylic acids is 1. The molecule has 0 aromatic carbocycles. The summed E-state index contributed by atoms with van der Waals surface area (Å²) in [4.78, 5) is 17.8. The summed E-state index contributed by atoms with van der Waals surface area (Å²) in [6.07, 6.45) is -1.58. The fourth-order valence-electron chi connectivity index (χ4n) is 1.40. The average molecular weight is 396 g/mol. The van der Waals surface area contributed by atoms with Crippen LogP contribution in [-0.2, 0) is 9.59 Å². The first-order valence-electron chi connectivity index (χ1n) is 5.05. The number of aliphatic hydroxyl groups excluding tert-OH is 1. The molecule has 0 rings (SSSR count). The monoisotopic (exact) mass is 394 g/mol. The smallest absolute Gasteiger partial charge is 0.310 e. The highest BCUT2D eigenvalue weighted by atomic mass is 79.9. The molecule has 0 bridgehead atoms. The topological polar surface area (TPSA) is 74.6 Å². The van der Waals surface area contributed by atoms with Gasteiger partial charge in [0.15, 0.2) is 0 Å². The third-order valence-electron chi connectivity index (χ3n) is 2.48. The zero-order chi connectivity index (χ0) is 14.6. The van der Waals surface area contributed by atoms with Crippen molar-refractivity contribution in [2.45, 2.75) is 35.8 Å². The van der Waals surface area contributed by atoms with Gasteiger partial charge in [0.2, 0.25) is 0 Å². The molecule has 106 valence electrons. The van der Waals surface area contributed by atoms with Crippen molar-refractivity contribution < 1.29 is 28.6 Å². The zero-order valence-electron chi connectivity index (χ0n) is 9.63. The number of aliphatic hydroxyl groups is 1. The molecule has 0 aromatic rings. The van der Waals surface area contributed by atoms with Gasteiger partial charge in [-0.2, -0.15) is 8.78 Å². The molecule has 0 aliphatic heterocycles. The Balaban J connectivity index is 4.69. The highest BCUT2D eigenvalue weighted by molar-refractivity contribution is 9.10. The lowest BCUT2D eigenvalue weighted by Crippen LogP contribution is -2.37. The van der Waals surface area contributed by atoms with E-state index in [2.05, 4.69) is 31.9 Å². The molecule has 18 heavy (non-hydrogen) atoms. The van der Waals surface area contributed by atoms with Crippen LogP contribution in [0.2, 0.25) is 0 Å². The van der Waals surface area contributed by atoms with E-state index in [4.69, 9.17) is 5.11 Å². The van der Waals surface area contributed by atoms with Gasteiger partial charge < -0.3 is 10.2 Å². The van der Waals surface area contributed by atoms with E-state index in [1.807, 2.05) is 0 Å². The van der Waals surface area contributed by atoms with E-state index in [1.165, 1.54) is 6.92 Å². The molecule has 0 aromatic heterocycles. The molecular formula is C10H14Br2F2O4. The Kier molecular flexibility index (Phi) is 6.87. The maximum Gasteiger partial charge on any atom is 0.310 e. The summed E-state index contributed by atoms with van der Waals surface area (Å²) in [5.74, 6) is -1.89. The lowest BCUT2D eigenvalue weighted by atomic mass is 9.81. The minimum Gasteiger partial charge on any atom is -0.481 e. The summed E-state index contributed by atoms with van der Waals surface area (Å²) >= 11 is 5.20. The van der Waals surface area contributed by atoms with E-state index in [9.17, 15) is 23.5 Å². The Morgan fingerprint density at radius 1 is 1.39 bits per heavy atom. The van der Waals surface area contributed by atoms with Gasteiger partial charge in [-0.3, -0.25) is 9.59 Å². The predicted octanol–water partition coefficient (Wildman–Crippen LogP) is 2.56. The van der Waals surface area contributed by atoms with E-state index < -0.39 is 46.3 Å². The summed E-state index contributed by atoms with van der Waals surface area (Å²) in [5.41, 5.74) is -1.14. The predicted molar refractivity (Wildman–Crippen MR) is 68.3 cm³/mol. The normalized spacial score (nSPS) is 17.0. The Morgan fingerprint density at radius 3 is 2.22 bits per heavy atom. The number of carboxylic acids is 1. The Morgan fingerprint density at radius 2 is 1.89 bits per heavy atom. The van der Waals surface area contributed by atoms with E-state index in [1.54, 1.807) is 0 Å². The third kappa shape index (κ3) is 6.75. The summed E-state index contributed by atoms with van der Waals surface area (Å²) < 4.78 is 25.6. The number of carboxylic acid groups (broad SMARTS) is 1. The van der Waals surface area contributed by atoms with Crippen LogP contribution < -0.4 is 0 Å². The van der Waals surface area contributed by atoms with Gasteiger partial charge in [-0.1, -0.05) is 22.9 Å². The number of carbonyl (C=O) groups excluding carboxylic acids is 1. The van der Waals surface area contributed by atoms with Crippen LogP contribution in [0.15, 0.2) is 0 Å². The molecule has 0 saturated heterocycles. The molecule has 2 unspecified atom stereocenters. The minimum atomic E-state index is -3.12. The van der Waals surface area contributed by atoms with Crippen LogP contribution >= 0.6 is 31.9 Å². The zero-order valence-corrected chi connectivity index (χ0v) is 12.8. The van der Waals surface area contributed by atoms with Crippen LogP contribution in [0.3, 0.4) is 0 Å². The fraction of sp³-hybridized carbons (Fsp3) is 0.800. The van der Waals surface area contributed by atoms with E-state index >= 15 is 0 Å². The Labute approximate surface area is 120 Å². The lowest BCUT2D eigenvalue weighted by molar-refractivity contribution is -0.140. The second-order valence-electron chi connectivity index (χ2n) is 4.38. The van der Waals surface area contributed by atoms with Gasteiger partial charge in [-0.15, -0.1) is 0 Å². The number of Topliss-reactive ketones (excluding diaryl/α,β-unsaturated/α-hetero) is 1. The summed E-state index contributed by atoms with van der Waals surface area (Å²) in [7, 11) is 0. The first kappa shape index (κ1) is 17.9. The maximum atomic E-state index is 12.8. The highest BCUT2D eigenvalue weighted by Gasteiger charge is 2.40. The molecule has 2 N–H and O–H groups in total. The van der Waals surface area contributed by atoms with Crippen molar-refractivity contribution in [3.05, 3.63) is 0 Å². The van der Waals surface area contributed by atoms with Crippen molar-refractivity contribution in [2.24, 2.45) is 5.41 Å². The van der Waals surface area contributed by atoms with Crippen molar-refractivity contribution in [3.8, 4) is 0 Å². The Bertz CT molecular complexity index is 319. The minimum absolute atomic E-state index is 0.283. The molecule has 2 atom stereocenters. The largest absolute Gasteiger partial charge is 0.481 e. The number of hydrogen-bond donors (Lipinski definition) is 2. The molecular weight excluding hydrogens is 382 g/mol. The molecule has 0 aliphatic carbocycles. The first-order chi connectivity index (χ1) is 8.00. The van der Waals surface area contributed by atoms with Gasteiger partial charge >= 0.3 is 10.8 Å². The lowest BCUT2D eigenvalue weighted by Gasteiger charge is -2.32. The molecule has 0 amide bonds. The molecule has 0 fully saturated rings. The van der Waals surface area contributed by atoms with Crippen LogP contribution in [0, 0.1) is 5.41 Å². The number of carbonyl (C=O) groups is 2. The SMILES string of the molecule is CC(CO)(CC(=O)CC(=O)O)C(Br)CC(F)(F)Br. The number of rotatable bonds is 8. The van der Waals surface area contributed by atoms with E-state index in [0.717, 1.165) is 0 Å². The van der Waals surface area contributed by atoms with Gasteiger partial charge in [0, 0.05) is 29.7 Å². The van der Waals surface area contributed by atoms with Crippen molar-refractivity contribution in [1.82, 2.24) is 0 Å². The Hall–Kier alpha value is -0.0800. The standard InChI is InChI=1S/C10H14Br2F2O4/c1-9(5-15,3-6(16)2-8(17)18)7(11)4-10(12,13)14/h7,15H,2-5H2,1H3,(H,17,18). The van der Waals surface area contributed by atoms with Gasteiger partial charge in [0.25, 0.3) is 0 Å². The number of hydrogen-bond acceptors (Lipinski definition) is 3. The van der Waals surface area contributed by atoms with Crippen molar-refractivity contribution in [2.75, 3.05) is 6.61 Å². The van der Waals surface area contributed by atoms with Crippen LogP contribution in [0.4, 0.5) is 8.78 Å². The maximum absolute atomic E-state index is 12.8. The van der Waals surface area contributed by atoms with Crippen molar-refractivity contribution in [3.63, 3.8) is 0 Å². The molecule has 8 heteroatoms. The fourth-order valence-corrected chi connectivity index (χ4v) is 2.87. The van der Waals surface area contributed by atoms with Gasteiger partial charge in [-0.25, -0.2) is 0 Å². The molecule has 0 heterocycles. The second-order valence-corrected chi connectivity index (χ2v) is 6.65. The first-order valence-corrected chi connectivity index (χ1v) is 6.76. The van der Waals surface area contributed by atoms with Crippen molar-refractivity contribution >= 4 is 43.6 Å². The molecule has 0 saturated carbocycles. The number of alkyl halides is 4. The van der Waals surface area contributed by atoms with Crippen LogP contribution in [0.1, 0.15) is 26.2 Å². The summed E-state index contributed by atoms with van der Waals surface area (Å²) in [6, 6.07) is 0. The summed E-state index contributed by atoms with van der Waals surface area (Å²) in [6.45, 7) is 0.947. The molecule has 0 spiro atoms. The molecule has 0 aliphatic rings. The van der Waals surface area contributed by atoms with Crippen LogP contribution in [0.5, 0.6) is 0 Å². The van der Waals surface area contributed by atoms with Gasteiger partial charge in [-0.05, 0) is 15.9 Å². The molecule has 4 nitrogen and oxygen atoms in total. The van der Waals surface area contributed by atoms with Crippen LogP contribution in [-0.4, -0.2) is 38.2 Å². The van der Waals surface area contributed by atoms with Crippen molar-refractivity contribution in [1.29, 1.82) is 0 Å². The quantitative estimate of drug-likeness (QED) is 0.489. The third-order valence-corrected chi connectivity index (χ3v) is 4.23. The van der Waals surface area contributed by atoms with Crippen LogP contribution in [0.25, 0.3) is 0 Å². The number of halogens is 4. The van der Waals surface area contributed by atoms with Gasteiger partial charge in [0.1, 0.15) is 12.2 Å². The highest BCUT2D eigenvalue weighted by Crippen LogP contribution is 2.40. The van der Waals surface area contributed by atoms with Gasteiger partial charge in [0.05, 0.1) is 0 Å². The second kappa shape index (κ2) is 6.91. The average Bonchev–Trinajstić information content (AvgIpc) is 2.13. The summed E-state index contributed by atoms with van der Waals surface area (Å²) in [5, 5.41) is 17.7. The van der Waals surface area contributed by atoms with E-state index in [0.29, 0.717) is 0 Å².